The minimum Gasteiger partial charge on any atom is -0.493 e. The normalized spacial score (nSPS) is 10.0. The van der Waals surface area contributed by atoms with Crippen molar-refractivity contribution in [1.82, 2.24) is 4.98 Å². The van der Waals surface area contributed by atoms with Gasteiger partial charge in [-0.2, -0.15) is 0 Å². The van der Waals surface area contributed by atoms with Gasteiger partial charge in [-0.15, -0.1) is 0 Å². The second-order valence-electron chi connectivity index (χ2n) is 4.05. The van der Waals surface area contributed by atoms with Crippen molar-refractivity contribution >= 4 is 17.2 Å². The summed E-state index contributed by atoms with van der Waals surface area (Å²) in [6.45, 7) is 2.40. The molecule has 0 amide bonds. The van der Waals surface area contributed by atoms with E-state index in [0.717, 1.165) is 0 Å². The van der Waals surface area contributed by atoms with Gasteiger partial charge in [-0.3, -0.25) is 10.1 Å². The van der Waals surface area contributed by atoms with Gasteiger partial charge in [0.25, 0.3) is 0 Å². The number of ether oxygens (including phenoxy) is 2. The van der Waals surface area contributed by atoms with Crippen LogP contribution in [0, 0.1) is 10.1 Å². The quantitative estimate of drug-likeness (QED) is 0.649. The largest absolute Gasteiger partial charge is 0.493 e. The number of hydrogen-bond donors (Lipinski definition) is 1. The molecule has 0 aliphatic rings. The first kappa shape index (κ1) is 14.6. The molecule has 7 heteroatoms. The van der Waals surface area contributed by atoms with Gasteiger partial charge in [0.15, 0.2) is 11.5 Å². The molecular formula is C14H15N3O4. The van der Waals surface area contributed by atoms with Crippen molar-refractivity contribution in [1.29, 1.82) is 0 Å². The molecule has 0 saturated heterocycles. The highest BCUT2D eigenvalue weighted by molar-refractivity contribution is 5.67. The fraction of sp³-hybridized carbons (Fsp3) is 0.214. The van der Waals surface area contributed by atoms with Crippen LogP contribution in [0.25, 0.3) is 0 Å². The SMILES string of the molecule is CCOc1ccc(Nc2ncccc2[N+](=O)[O-])cc1OC. The predicted molar refractivity (Wildman–Crippen MR) is 78.3 cm³/mol. The topological polar surface area (TPSA) is 86.5 Å². The molecule has 21 heavy (non-hydrogen) atoms. The first-order chi connectivity index (χ1) is 10.2. The fourth-order valence-corrected chi connectivity index (χ4v) is 1.80. The number of anilines is 2. The molecule has 0 fully saturated rings. The van der Waals surface area contributed by atoms with Crippen LogP contribution in [0.15, 0.2) is 36.5 Å². The molecule has 0 unspecified atom stereocenters. The summed E-state index contributed by atoms with van der Waals surface area (Å²) in [7, 11) is 1.53. The zero-order chi connectivity index (χ0) is 15.2. The summed E-state index contributed by atoms with van der Waals surface area (Å²) in [5.74, 6) is 1.33. The molecule has 2 rings (SSSR count). The molecule has 1 heterocycles. The van der Waals surface area contributed by atoms with E-state index in [9.17, 15) is 10.1 Å². The van der Waals surface area contributed by atoms with Gasteiger partial charge in [0.05, 0.1) is 18.6 Å². The van der Waals surface area contributed by atoms with Crippen LogP contribution in [0.3, 0.4) is 0 Å². The van der Waals surface area contributed by atoms with Gasteiger partial charge in [-0.05, 0) is 25.1 Å². The zero-order valence-electron chi connectivity index (χ0n) is 11.7. The third-order valence-electron chi connectivity index (χ3n) is 2.71. The molecule has 2 aromatic rings. The highest BCUT2D eigenvalue weighted by Gasteiger charge is 2.15. The van der Waals surface area contributed by atoms with E-state index in [2.05, 4.69) is 10.3 Å². The highest BCUT2D eigenvalue weighted by Crippen LogP contribution is 2.32. The van der Waals surface area contributed by atoms with Gasteiger partial charge in [0.1, 0.15) is 0 Å². The number of nitrogens with one attached hydrogen (secondary N) is 1. The maximum Gasteiger partial charge on any atom is 0.311 e. The molecule has 1 aromatic carbocycles. The van der Waals surface area contributed by atoms with Gasteiger partial charge < -0.3 is 14.8 Å². The highest BCUT2D eigenvalue weighted by atomic mass is 16.6. The molecular weight excluding hydrogens is 274 g/mol. The van der Waals surface area contributed by atoms with Crippen LogP contribution in [-0.4, -0.2) is 23.6 Å². The van der Waals surface area contributed by atoms with E-state index in [1.54, 1.807) is 18.2 Å². The zero-order valence-corrected chi connectivity index (χ0v) is 11.7. The molecule has 0 aliphatic heterocycles. The number of aromatic nitrogens is 1. The van der Waals surface area contributed by atoms with E-state index >= 15 is 0 Å². The number of pyridine rings is 1. The van der Waals surface area contributed by atoms with Crippen molar-refractivity contribution in [2.24, 2.45) is 0 Å². The molecule has 0 spiro atoms. The lowest BCUT2D eigenvalue weighted by Gasteiger charge is -2.12. The van der Waals surface area contributed by atoms with Crippen LogP contribution < -0.4 is 14.8 Å². The van der Waals surface area contributed by atoms with Crippen molar-refractivity contribution in [3.8, 4) is 11.5 Å². The van der Waals surface area contributed by atoms with Crippen LogP contribution in [0.4, 0.5) is 17.2 Å². The molecule has 0 saturated carbocycles. The Morgan fingerprint density at radius 1 is 1.33 bits per heavy atom. The van der Waals surface area contributed by atoms with Crippen LogP contribution in [0.1, 0.15) is 6.92 Å². The van der Waals surface area contributed by atoms with Crippen LogP contribution >= 0.6 is 0 Å². The summed E-state index contributed by atoms with van der Waals surface area (Å²) >= 11 is 0. The molecule has 0 atom stereocenters. The lowest BCUT2D eigenvalue weighted by molar-refractivity contribution is -0.384. The van der Waals surface area contributed by atoms with Crippen LogP contribution in [0.5, 0.6) is 11.5 Å². The summed E-state index contributed by atoms with van der Waals surface area (Å²) in [5, 5.41) is 13.9. The van der Waals surface area contributed by atoms with E-state index in [0.29, 0.717) is 23.8 Å². The number of rotatable bonds is 6. The summed E-state index contributed by atoms with van der Waals surface area (Å²) in [6.07, 6.45) is 1.49. The Bertz CT molecular complexity index is 646. The summed E-state index contributed by atoms with van der Waals surface area (Å²) in [6, 6.07) is 8.08. The van der Waals surface area contributed by atoms with Crippen LogP contribution in [-0.2, 0) is 0 Å². The summed E-state index contributed by atoms with van der Waals surface area (Å²) in [4.78, 5) is 14.5. The van der Waals surface area contributed by atoms with E-state index in [-0.39, 0.29) is 11.5 Å². The molecule has 0 aliphatic carbocycles. The monoisotopic (exact) mass is 289 g/mol. The Labute approximate surface area is 121 Å². The van der Waals surface area contributed by atoms with Crippen molar-refractivity contribution in [3.05, 3.63) is 46.6 Å². The Kier molecular flexibility index (Phi) is 4.55. The maximum absolute atomic E-state index is 11.0. The van der Waals surface area contributed by atoms with E-state index < -0.39 is 4.92 Å². The molecule has 1 aromatic heterocycles. The minimum atomic E-state index is -0.485. The maximum atomic E-state index is 11.0. The third-order valence-corrected chi connectivity index (χ3v) is 2.71. The van der Waals surface area contributed by atoms with E-state index in [4.69, 9.17) is 9.47 Å². The number of nitrogens with zero attached hydrogens (tertiary/aromatic N) is 2. The average Bonchev–Trinajstić information content (AvgIpc) is 2.49. The number of nitro groups is 1. The first-order valence-corrected chi connectivity index (χ1v) is 6.33. The van der Waals surface area contributed by atoms with Gasteiger partial charge >= 0.3 is 5.69 Å². The van der Waals surface area contributed by atoms with Gasteiger partial charge in [-0.25, -0.2) is 4.98 Å². The van der Waals surface area contributed by atoms with Gasteiger partial charge in [0.2, 0.25) is 5.82 Å². The second kappa shape index (κ2) is 6.56. The Morgan fingerprint density at radius 3 is 2.81 bits per heavy atom. The Balaban J connectivity index is 2.30. The molecule has 1 N–H and O–H groups in total. The predicted octanol–water partition coefficient (Wildman–Crippen LogP) is 3.14. The Morgan fingerprint density at radius 2 is 2.14 bits per heavy atom. The molecule has 7 nitrogen and oxygen atoms in total. The van der Waals surface area contributed by atoms with Crippen LogP contribution in [0.2, 0.25) is 0 Å². The van der Waals surface area contributed by atoms with Crippen molar-refractivity contribution < 1.29 is 14.4 Å². The fourth-order valence-electron chi connectivity index (χ4n) is 1.80. The number of hydrogen-bond acceptors (Lipinski definition) is 6. The van der Waals surface area contributed by atoms with Crippen molar-refractivity contribution in [3.63, 3.8) is 0 Å². The van der Waals surface area contributed by atoms with Gasteiger partial charge in [-0.1, -0.05) is 0 Å². The molecule has 0 bridgehead atoms. The summed E-state index contributed by atoms with van der Waals surface area (Å²) < 4.78 is 10.7. The average molecular weight is 289 g/mol. The van der Waals surface area contributed by atoms with Gasteiger partial charge in [0, 0.05) is 24.0 Å². The lowest BCUT2D eigenvalue weighted by Crippen LogP contribution is -2.00. The molecule has 110 valence electrons. The number of benzene rings is 1. The lowest BCUT2D eigenvalue weighted by atomic mass is 10.2. The third kappa shape index (κ3) is 3.38. The number of methoxy groups -OCH3 is 1. The van der Waals surface area contributed by atoms with E-state index in [1.165, 1.54) is 25.4 Å². The van der Waals surface area contributed by atoms with Crippen molar-refractivity contribution in [2.45, 2.75) is 6.92 Å². The molecule has 0 radical (unpaired) electrons. The standard InChI is InChI=1S/C14H15N3O4/c1-3-21-12-7-6-10(9-13(12)20-2)16-14-11(17(18)19)5-4-8-15-14/h4-9H,3H2,1-2H3,(H,15,16). The Hall–Kier alpha value is -2.83. The minimum absolute atomic E-state index is 0.0923. The van der Waals surface area contributed by atoms with Crippen molar-refractivity contribution in [2.75, 3.05) is 19.0 Å². The van der Waals surface area contributed by atoms with E-state index in [1.807, 2.05) is 6.92 Å². The summed E-state index contributed by atoms with van der Waals surface area (Å²) in [5.41, 5.74) is 0.530. The second-order valence-corrected chi connectivity index (χ2v) is 4.05. The smallest absolute Gasteiger partial charge is 0.311 e. The first-order valence-electron chi connectivity index (χ1n) is 6.33.